The summed E-state index contributed by atoms with van der Waals surface area (Å²) in [6.07, 6.45) is 4.14. The lowest BCUT2D eigenvalue weighted by Crippen LogP contribution is -2.46. The molecule has 128 valence electrons. The van der Waals surface area contributed by atoms with Crippen molar-refractivity contribution in [1.29, 1.82) is 0 Å². The Balaban J connectivity index is 1.79. The molecule has 0 atom stereocenters. The summed E-state index contributed by atoms with van der Waals surface area (Å²) in [5.41, 5.74) is 2.14. The van der Waals surface area contributed by atoms with E-state index in [0.717, 1.165) is 35.7 Å². The fourth-order valence-electron chi connectivity index (χ4n) is 2.94. The minimum atomic E-state index is -0.176. The Morgan fingerprint density at radius 2 is 2.00 bits per heavy atom. The molecule has 1 fully saturated rings. The maximum absolute atomic E-state index is 12.7. The van der Waals surface area contributed by atoms with Crippen LogP contribution in [-0.4, -0.2) is 20.9 Å². The number of hydrogen-bond donors (Lipinski definition) is 0. The maximum Gasteiger partial charge on any atom is 0.226 e. The zero-order valence-corrected chi connectivity index (χ0v) is 15.4. The maximum atomic E-state index is 12.7. The molecule has 0 spiro atoms. The van der Waals surface area contributed by atoms with Crippen molar-refractivity contribution in [3.8, 4) is 0 Å². The fourth-order valence-corrected chi connectivity index (χ4v) is 3.15. The lowest BCUT2D eigenvalue weighted by atomic mass is 10.0. The number of carbonyl (C=O) groups excluding carboxylic acids is 1. The summed E-state index contributed by atoms with van der Waals surface area (Å²) < 4.78 is 2.20. The summed E-state index contributed by atoms with van der Waals surface area (Å²) >= 11 is 6.09. The van der Waals surface area contributed by atoms with Gasteiger partial charge in [-0.05, 0) is 63.4 Å². The molecule has 0 saturated heterocycles. The summed E-state index contributed by atoms with van der Waals surface area (Å²) in [5.74, 6) is 0.526. The van der Waals surface area contributed by atoms with Crippen LogP contribution in [0.4, 0.5) is 0 Å². The van der Waals surface area contributed by atoms with Gasteiger partial charge in [-0.2, -0.15) is 0 Å². The van der Waals surface area contributed by atoms with Gasteiger partial charge in [0, 0.05) is 34.9 Å². The van der Waals surface area contributed by atoms with Crippen molar-refractivity contribution < 1.29 is 4.79 Å². The molecule has 2 aromatic rings. The Morgan fingerprint density at radius 3 is 2.62 bits per heavy atom. The molecule has 0 aliphatic heterocycles. The van der Waals surface area contributed by atoms with Gasteiger partial charge in [0.1, 0.15) is 0 Å². The Morgan fingerprint density at radius 1 is 1.25 bits per heavy atom. The van der Waals surface area contributed by atoms with Crippen LogP contribution in [0.1, 0.15) is 44.9 Å². The first-order chi connectivity index (χ1) is 11.3. The molecule has 0 N–H and O–H groups in total. The molecule has 1 aromatic carbocycles. The Kier molecular flexibility index (Phi) is 4.73. The van der Waals surface area contributed by atoms with Gasteiger partial charge in [-0.15, -0.1) is 0 Å². The largest absolute Gasteiger partial charge is 0.345 e. The summed E-state index contributed by atoms with van der Waals surface area (Å²) in [4.78, 5) is 14.7. The third-order valence-corrected chi connectivity index (χ3v) is 4.72. The third kappa shape index (κ3) is 4.02. The third-order valence-electron chi connectivity index (χ3n) is 4.49. The SMILES string of the molecule is CC(C)(C)N(Cc1cccn1Cc1cccc(Cl)c1)C(=O)C1CC1. The van der Waals surface area contributed by atoms with Crippen LogP contribution >= 0.6 is 11.6 Å². The second kappa shape index (κ2) is 6.64. The average molecular weight is 345 g/mol. The van der Waals surface area contributed by atoms with Crippen LogP contribution in [-0.2, 0) is 17.9 Å². The van der Waals surface area contributed by atoms with Gasteiger partial charge in [0.15, 0.2) is 0 Å². The van der Waals surface area contributed by atoms with E-state index in [1.165, 1.54) is 0 Å². The molecule has 4 heteroatoms. The smallest absolute Gasteiger partial charge is 0.226 e. The highest BCUT2D eigenvalue weighted by molar-refractivity contribution is 6.30. The number of rotatable bonds is 5. The Bertz CT molecular complexity index is 725. The molecule has 1 saturated carbocycles. The van der Waals surface area contributed by atoms with Gasteiger partial charge in [-0.1, -0.05) is 23.7 Å². The van der Waals surface area contributed by atoms with E-state index in [1.807, 2.05) is 29.2 Å². The minimum Gasteiger partial charge on any atom is -0.345 e. The van der Waals surface area contributed by atoms with Gasteiger partial charge in [-0.3, -0.25) is 4.79 Å². The van der Waals surface area contributed by atoms with Crippen molar-refractivity contribution in [2.24, 2.45) is 5.92 Å². The molecule has 1 heterocycles. The van der Waals surface area contributed by atoms with Gasteiger partial charge >= 0.3 is 0 Å². The molecule has 0 unspecified atom stereocenters. The molecular formula is C20H25ClN2O. The van der Waals surface area contributed by atoms with E-state index in [1.54, 1.807) is 0 Å². The summed E-state index contributed by atoms with van der Waals surface area (Å²) in [6.45, 7) is 7.73. The summed E-state index contributed by atoms with van der Waals surface area (Å²) in [6, 6.07) is 12.1. The van der Waals surface area contributed by atoms with Crippen LogP contribution in [0.25, 0.3) is 0 Å². The first kappa shape index (κ1) is 17.1. The molecule has 0 bridgehead atoms. The molecule has 24 heavy (non-hydrogen) atoms. The highest BCUT2D eigenvalue weighted by atomic mass is 35.5. The molecule has 1 amide bonds. The van der Waals surface area contributed by atoms with E-state index in [2.05, 4.69) is 43.7 Å². The van der Waals surface area contributed by atoms with Crippen molar-refractivity contribution in [2.45, 2.75) is 52.2 Å². The van der Waals surface area contributed by atoms with E-state index < -0.39 is 0 Å². The van der Waals surface area contributed by atoms with Gasteiger partial charge < -0.3 is 9.47 Å². The van der Waals surface area contributed by atoms with Crippen LogP contribution < -0.4 is 0 Å². The number of nitrogens with zero attached hydrogens (tertiary/aromatic N) is 2. The quantitative estimate of drug-likeness (QED) is 0.770. The summed E-state index contributed by atoms with van der Waals surface area (Å²) in [7, 11) is 0. The first-order valence-electron chi connectivity index (χ1n) is 8.54. The topological polar surface area (TPSA) is 25.2 Å². The highest BCUT2D eigenvalue weighted by Crippen LogP contribution is 2.34. The second-order valence-corrected chi connectivity index (χ2v) is 8.06. The number of carbonyl (C=O) groups is 1. The predicted molar refractivity (Wildman–Crippen MR) is 98.0 cm³/mol. The van der Waals surface area contributed by atoms with Gasteiger partial charge in [0.05, 0.1) is 6.54 Å². The number of amides is 1. The molecule has 1 aliphatic rings. The minimum absolute atomic E-state index is 0.176. The number of hydrogen-bond acceptors (Lipinski definition) is 1. The molecule has 3 nitrogen and oxygen atoms in total. The predicted octanol–water partition coefficient (Wildman–Crippen LogP) is 4.73. The normalized spacial score (nSPS) is 14.7. The van der Waals surface area contributed by atoms with E-state index in [0.29, 0.717) is 6.54 Å². The van der Waals surface area contributed by atoms with E-state index in [9.17, 15) is 4.79 Å². The van der Waals surface area contributed by atoms with Crippen molar-refractivity contribution in [2.75, 3.05) is 0 Å². The zero-order valence-electron chi connectivity index (χ0n) is 14.6. The van der Waals surface area contributed by atoms with Crippen LogP contribution in [0.15, 0.2) is 42.6 Å². The molecule has 1 aliphatic carbocycles. The number of halogens is 1. The standard InChI is InChI=1S/C20H25ClN2O/c1-20(2,3)23(19(24)16-9-10-16)14-18-8-5-11-22(18)13-15-6-4-7-17(21)12-15/h4-8,11-12,16H,9-10,13-14H2,1-3H3. The number of aromatic nitrogens is 1. The fraction of sp³-hybridized carbons (Fsp3) is 0.450. The van der Waals surface area contributed by atoms with E-state index in [-0.39, 0.29) is 17.4 Å². The number of benzene rings is 1. The van der Waals surface area contributed by atoms with Crippen molar-refractivity contribution in [3.63, 3.8) is 0 Å². The second-order valence-electron chi connectivity index (χ2n) is 7.63. The van der Waals surface area contributed by atoms with Crippen LogP contribution in [0.3, 0.4) is 0 Å². The Hall–Kier alpha value is -1.74. The van der Waals surface area contributed by atoms with Crippen molar-refractivity contribution >= 4 is 17.5 Å². The Labute approximate surface area is 149 Å². The van der Waals surface area contributed by atoms with Gasteiger partial charge in [-0.25, -0.2) is 0 Å². The zero-order chi connectivity index (χ0) is 17.3. The van der Waals surface area contributed by atoms with Crippen LogP contribution in [0.5, 0.6) is 0 Å². The summed E-state index contributed by atoms with van der Waals surface area (Å²) in [5, 5.41) is 0.751. The van der Waals surface area contributed by atoms with Gasteiger partial charge in [0.2, 0.25) is 5.91 Å². The van der Waals surface area contributed by atoms with Gasteiger partial charge in [0.25, 0.3) is 0 Å². The lowest BCUT2D eigenvalue weighted by molar-refractivity contribution is -0.138. The van der Waals surface area contributed by atoms with Crippen molar-refractivity contribution in [3.05, 3.63) is 58.9 Å². The van der Waals surface area contributed by atoms with Crippen molar-refractivity contribution in [1.82, 2.24) is 9.47 Å². The highest BCUT2D eigenvalue weighted by Gasteiger charge is 2.37. The molecular weight excluding hydrogens is 320 g/mol. The van der Waals surface area contributed by atoms with Crippen LogP contribution in [0, 0.1) is 5.92 Å². The van der Waals surface area contributed by atoms with Crippen LogP contribution in [0.2, 0.25) is 5.02 Å². The molecule has 1 aromatic heterocycles. The van der Waals surface area contributed by atoms with E-state index in [4.69, 9.17) is 11.6 Å². The lowest BCUT2D eigenvalue weighted by Gasteiger charge is -2.36. The molecule has 0 radical (unpaired) electrons. The monoisotopic (exact) mass is 344 g/mol. The average Bonchev–Trinajstić information content (AvgIpc) is 3.25. The molecule has 3 rings (SSSR count). The first-order valence-corrected chi connectivity index (χ1v) is 8.92. The van der Waals surface area contributed by atoms with E-state index >= 15 is 0 Å².